The number of aromatic nitrogens is 3. The first-order valence-corrected chi connectivity index (χ1v) is 15.4. The van der Waals surface area contributed by atoms with Crippen molar-refractivity contribution in [1.82, 2.24) is 25.2 Å². The minimum Gasteiger partial charge on any atom is -0.340 e. The van der Waals surface area contributed by atoms with Gasteiger partial charge in [-0.15, -0.1) is 0 Å². The highest BCUT2D eigenvalue weighted by molar-refractivity contribution is 6.08. The molecule has 49 heavy (non-hydrogen) atoms. The molecule has 1 unspecified atom stereocenters. The summed E-state index contributed by atoms with van der Waals surface area (Å²) in [6.45, 7) is 0.844. The van der Waals surface area contributed by atoms with Crippen molar-refractivity contribution in [2.75, 3.05) is 12.4 Å². The summed E-state index contributed by atoms with van der Waals surface area (Å²) < 4.78 is 39.2. The van der Waals surface area contributed by atoms with E-state index < -0.39 is 23.7 Å². The predicted octanol–water partition coefficient (Wildman–Crippen LogP) is 7.45. The molecular weight excluding hydrogens is 629 g/mol. The van der Waals surface area contributed by atoms with Gasteiger partial charge in [-0.25, -0.2) is 4.98 Å². The van der Waals surface area contributed by atoms with Crippen molar-refractivity contribution in [3.05, 3.63) is 156 Å². The number of halogens is 3. The normalized spacial score (nSPS) is 12.0. The number of benzene rings is 3. The number of pyridine rings is 3. The molecule has 3 aromatic heterocycles. The van der Waals surface area contributed by atoms with Crippen LogP contribution in [0, 0.1) is 0 Å². The summed E-state index contributed by atoms with van der Waals surface area (Å²) in [5, 5.41) is 6.98. The maximum absolute atomic E-state index is 13.6. The highest BCUT2D eigenvalue weighted by Crippen LogP contribution is 2.31. The summed E-state index contributed by atoms with van der Waals surface area (Å²) in [5.41, 5.74) is 3.22. The first kappa shape index (κ1) is 33.0. The molecule has 0 aliphatic carbocycles. The third-order valence-electron chi connectivity index (χ3n) is 7.91. The molecule has 0 saturated heterocycles. The zero-order valence-corrected chi connectivity index (χ0v) is 26.4. The monoisotopic (exact) mass is 660 g/mol. The largest absolute Gasteiger partial charge is 0.416 e. The van der Waals surface area contributed by atoms with E-state index in [1.165, 1.54) is 18.3 Å². The maximum atomic E-state index is 13.6. The van der Waals surface area contributed by atoms with Crippen LogP contribution in [0.1, 0.15) is 38.8 Å². The Hall–Kier alpha value is -5.94. The van der Waals surface area contributed by atoms with Gasteiger partial charge in [-0.05, 0) is 71.8 Å². The molecule has 6 rings (SSSR count). The molecule has 3 heterocycles. The average Bonchev–Trinajstić information content (AvgIpc) is 3.12. The zero-order valence-electron chi connectivity index (χ0n) is 26.4. The van der Waals surface area contributed by atoms with Crippen molar-refractivity contribution in [3.8, 4) is 11.3 Å². The van der Waals surface area contributed by atoms with Gasteiger partial charge in [0.1, 0.15) is 11.9 Å². The lowest BCUT2D eigenvalue weighted by Crippen LogP contribution is -2.38. The number of hydrogen-bond acceptors (Lipinski definition) is 6. The average molecular weight is 661 g/mol. The van der Waals surface area contributed by atoms with Gasteiger partial charge in [-0.2, -0.15) is 13.2 Å². The number of likely N-dealkylation sites (N-methyl/N-ethyl adjacent to an activating group) is 1. The second-order valence-electron chi connectivity index (χ2n) is 11.4. The number of rotatable bonds is 10. The number of hydrogen-bond donors (Lipinski definition) is 2. The highest BCUT2D eigenvalue weighted by atomic mass is 19.4. The first-order valence-electron chi connectivity index (χ1n) is 15.4. The minimum atomic E-state index is -4.47. The van der Waals surface area contributed by atoms with Gasteiger partial charge in [0.05, 0.1) is 28.0 Å². The van der Waals surface area contributed by atoms with Gasteiger partial charge in [0, 0.05) is 43.5 Å². The van der Waals surface area contributed by atoms with E-state index in [4.69, 9.17) is 0 Å². The van der Waals surface area contributed by atoms with Crippen LogP contribution in [0.4, 0.5) is 19.0 Å². The van der Waals surface area contributed by atoms with E-state index in [2.05, 4.69) is 25.6 Å². The fraction of sp³-hybridized carbons (Fsp3) is 0.132. The molecule has 0 aliphatic heterocycles. The summed E-state index contributed by atoms with van der Waals surface area (Å²) in [6, 6.07) is 31.4. The molecule has 2 amide bonds. The van der Waals surface area contributed by atoms with Crippen molar-refractivity contribution < 1.29 is 22.8 Å². The van der Waals surface area contributed by atoms with Crippen molar-refractivity contribution in [2.24, 2.45) is 0 Å². The number of amides is 2. The van der Waals surface area contributed by atoms with Gasteiger partial charge in [-0.1, -0.05) is 54.6 Å². The van der Waals surface area contributed by atoms with Gasteiger partial charge >= 0.3 is 6.18 Å². The van der Waals surface area contributed by atoms with Gasteiger partial charge in [0.25, 0.3) is 5.91 Å². The molecule has 0 bridgehead atoms. The molecule has 0 fully saturated rings. The minimum absolute atomic E-state index is 0.111. The standard InChI is InChI=1S/C38H31F3N6O2/c1-47(24-25-8-3-2-4-9-25)37(49)35(32-11-5-6-20-42-32)44-23-26-12-18-31-28(22-26)15-19-33(45-31)46-36(48)30-10-7-21-43-34(30)27-13-16-29(17-14-27)38(39,40)41/h2-22,35,44H,23-24H2,1H3,(H,45,46,48). The van der Waals surface area contributed by atoms with E-state index in [0.717, 1.165) is 28.6 Å². The van der Waals surface area contributed by atoms with Crippen molar-refractivity contribution in [2.45, 2.75) is 25.3 Å². The molecule has 0 aliphatic rings. The topological polar surface area (TPSA) is 100 Å². The zero-order chi connectivity index (χ0) is 34.4. The van der Waals surface area contributed by atoms with E-state index in [-0.39, 0.29) is 17.2 Å². The van der Waals surface area contributed by atoms with Crippen LogP contribution in [0.5, 0.6) is 0 Å². The second kappa shape index (κ2) is 14.4. The number of alkyl halides is 3. The number of anilines is 1. The smallest absolute Gasteiger partial charge is 0.340 e. The Morgan fingerprint density at radius 1 is 0.796 bits per heavy atom. The Morgan fingerprint density at radius 3 is 2.29 bits per heavy atom. The van der Waals surface area contributed by atoms with Gasteiger partial charge < -0.3 is 10.2 Å². The number of nitrogens with one attached hydrogen (secondary N) is 2. The van der Waals surface area contributed by atoms with E-state index in [1.54, 1.807) is 42.4 Å². The van der Waals surface area contributed by atoms with E-state index in [0.29, 0.717) is 35.7 Å². The highest BCUT2D eigenvalue weighted by Gasteiger charge is 2.30. The number of nitrogens with zero attached hydrogens (tertiary/aromatic N) is 4. The first-order chi connectivity index (χ1) is 23.7. The van der Waals surface area contributed by atoms with Crippen LogP contribution in [0.2, 0.25) is 0 Å². The maximum Gasteiger partial charge on any atom is 0.416 e. The van der Waals surface area contributed by atoms with Crippen molar-refractivity contribution in [3.63, 3.8) is 0 Å². The molecule has 6 aromatic rings. The van der Waals surface area contributed by atoms with Crippen LogP contribution < -0.4 is 10.6 Å². The van der Waals surface area contributed by atoms with Crippen molar-refractivity contribution in [1.29, 1.82) is 0 Å². The molecule has 1 atom stereocenters. The molecular formula is C38H31F3N6O2. The van der Waals surface area contributed by atoms with Gasteiger partial charge in [0.15, 0.2) is 0 Å². The van der Waals surface area contributed by atoms with Gasteiger partial charge in [-0.3, -0.25) is 24.9 Å². The van der Waals surface area contributed by atoms with Crippen LogP contribution in [0.3, 0.4) is 0 Å². The number of carbonyl (C=O) groups excluding carboxylic acids is 2. The third-order valence-corrected chi connectivity index (χ3v) is 7.91. The van der Waals surface area contributed by atoms with Crippen LogP contribution in [-0.2, 0) is 24.1 Å². The quantitative estimate of drug-likeness (QED) is 0.158. The van der Waals surface area contributed by atoms with E-state index in [1.807, 2.05) is 66.7 Å². The SMILES string of the molecule is CN(Cc1ccccc1)C(=O)C(NCc1ccc2nc(NC(=O)c3cccnc3-c3ccc(C(F)(F)F)cc3)ccc2c1)c1ccccn1. The lowest BCUT2D eigenvalue weighted by Gasteiger charge is -2.24. The molecule has 0 saturated carbocycles. The molecule has 3 aromatic carbocycles. The Kier molecular flexibility index (Phi) is 9.72. The van der Waals surface area contributed by atoms with E-state index >= 15 is 0 Å². The summed E-state index contributed by atoms with van der Waals surface area (Å²) in [6.07, 6.45) is -1.33. The van der Waals surface area contributed by atoms with E-state index in [9.17, 15) is 22.8 Å². The second-order valence-corrected chi connectivity index (χ2v) is 11.4. The molecule has 8 nitrogen and oxygen atoms in total. The lowest BCUT2D eigenvalue weighted by molar-refractivity contribution is -0.137. The van der Waals surface area contributed by atoms with Crippen LogP contribution in [-0.4, -0.2) is 38.7 Å². The lowest BCUT2D eigenvalue weighted by atomic mass is 10.0. The Bertz CT molecular complexity index is 2070. The summed E-state index contributed by atoms with van der Waals surface area (Å²) in [5.74, 6) is -0.313. The van der Waals surface area contributed by atoms with Gasteiger partial charge in [0.2, 0.25) is 5.91 Å². The Morgan fingerprint density at radius 2 is 1.55 bits per heavy atom. The molecule has 11 heteroatoms. The third kappa shape index (κ3) is 7.96. The van der Waals surface area contributed by atoms with Crippen LogP contribution in [0.25, 0.3) is 22.2 Å². The Labute approximate surface area is 280 Å². The fourth-order valence-electron chi connectivity index (χ4n) is 5.41. The fourth-order valence-corrected chi connectivity index (χ4v) is 5.41. The number of carbonyl (C=O) groups is 2. The van der Waals surface area contributed by atoms with Crippen LogP contribution in [0.15, 0.2) is 128 Å². The van der Waals surface area contributed by atoms with Crippen molar-refractivity contribution >= 4 is 28.5 Å². The summed E-state index contributed by atoms with van der Waals surface area (Å²) in [4.78, 5) is 41.8. The molecule has 0 radical (unpaired) electrons. The molecule has 2 N–H and O–H groups in total. The summed E-state index contributed by atoms with van der Waals surface area (Å²) >= 11 is 0. The molecule has 0 spiro atoms. The molecule has 246 valence electrons. The number of fused-ring (bicyclic) bond motifs is 1. The predicted molar refractivity (Wildman–Crippen MR) is 181 cm³/mol. The summed E-state index contributed by atoms with van der Waals surface area (Å²) in [7, 11) is 1.77. The Balaban J connectivity index is 1.15. The van der Waals surface area contributed by atoms with Crippen LogP contribution >= 0.6 is 0 Å².